The zero-order valence-corrected chi connectivity index (χ0v) is 9.02. The lowest BCUT2D eigenvalue weighted by Crippen LogP contribution is -1.85. The van der Waals surface area contributed by atoms with Crippen LogP contribution in [0.2, 0.25) is 0 Å². The Morgan fingerprint density at radius 2 is 2.00 bits per heavy atom. The molecule has 76 valence electrons. The van der Waals surface area contributed by atoms with Crippen LogP contribution in [0.15, 0.2) is 36.9 Å². The number of halogens is 2. The molecule has 3 nitrogen and oxygen atoms in total. The standard InChI is InChI=1S/C9H9N3.2ClH/c1-2-8(5-10-3-1)4-9-6-11-12-7-9;;/h1-3,5-7H,4H2,(H,11,12);2*1H. The molecule has 14 heavy (non-hydrogen) atoms. The van der Waals surface area contributed by atoms with E-state index < -0.39 is 0 Å². The molecule has 0 amide bonds. The van der Waals surface area contributed by atoms with Gasteiger partial charge in [0.05, 0.1) is 6.20 Å². The van der Waals surface area contributed by atoms with Crippen molar-refractivity contribution in [3.05, 3.63) is 48.0 Å². The first-order valence-corrected chi connectivity index (χ1v) is 3.82. The van der Waals surface area contributed by atoms with E-state index in [1.807, 2.05) is 24.7 Å². The Morgan fingerprint density at radius 3 is 2.57 bits per heavy atom. The summed E-state index contributed by atoms with van der Waals surface area (Å²) in [5, 5.41) is 6.65. The Balaban J connectivity index is 0.000000845. The van der Waals surface area contributed by atoms with Crippen molar-refractivity contribution in [3.63, 3.8) is 0 Å². The summed E-state index contributed by atoms with van der Waals surface area (Å²) in [6, 6.07) is 4.00. The van der Waals surface area contributed by atoms with Crippen LogP contribution in [0.25, 0.3) is 0 Å². The third-order valence-corrected chi connectivity index (χ3v) is 1.69. The van der Waals surface area contributed by atoms with Crippen molar-refractivity contribution in [2.24, 2.45) is 0 Å². The van der Waals surface area contributed by atoms with E-state index in [1.165, 1.54) is 11.1 Å². The number of hydrogen-bond donors (Lipinski definition) is 1. The maximum atomic E-state index is 4.03. The second-order valence-corrected chi connectivity index (χ2v) is 2.64. The molecule has 0 aliphatic carbocycles. The summed E-state index contributed by atoms with van der Waals surface area (Å²) < 4.78 is 0. The molecule has 0 atom stereocenters. The molecule has 0 radical (unpaired) electrons. The van der Waals surface area contributed by atoms with E-state index in [0.717, 1.165) is 6.42 Å². The van der Waals surface area contributed by atoms with Crippen molar-refractivity contribution < 1.29 is 0 Å². The minimum Gasteiger partial charge on any atom is -0.285 e. The Bertz CT molecular complexity index is 334. The lowest BCUT2D eigenvalue weighted by molar-refractivity contribution is 1.09. The van der Waals surface area contributed by atoms with Crippen LogP contribution >= 0.6 is 24.8 Å². The smallest absolute Gasteiger partial charge is 0.0522 e. The van der Waals surface area contributed by atoms with Gasteiger partial charge in [-0.2, -0.15) is 5.10 Å². The van der Waals surface area contributed by atoms with Gasteiger partial charge in [-0.15, -0.1) is 24.8 Å². The minimum atomic E-state index is 0. The van der Waals surface area contributed by atoms with E-state index in [-0.39, 0.29) is 24.8 Å². The summed E-state index contributed by atoms with van der Waals surface area (Å²) in [6.07, 6.45) is 8.26. The SMILES string of the molecule is Cl.Cl.c1cncc(Cc2cn[nH]c2)c1. The number of H-pyrrole nitrogens is 1. The third-order valence-electron chi connectivity index (χ3n) is 1.69. The van der Waals surface area contributed by atoms with Crippen molar-refractivity contribution in [3.8, 4) is 0 Å². The Labute approximate surface area is 94.8 Å². The summed E-state index contributed by atoms with van der Waals surface area (Å²) in [5.41, 5.74) is 2.39. The van der Waals surface area contributed by atoms with Gasteiger partial charge in [-0.05, 0) is 17.2 Å². The van der Waals surface area contributed by atoms with Crippen molar-refractivity contribution in [1.82, 2.24) is 15.2 Å². The van der Waals surface area contributed by atoms with Gasteiger partial charge < -0.3 is 0 Å². The van der Waals surface area contributed by atoms with Crippen molar-refractivity contribution >= 4 is 24.8 Å². The van der Waals surface area contributed by atoms with E-state index in [9.17, 15) is 0 Å². The van der Waals surface area contributed by atoms with Gasteiger partial charge in [-0.3, -0.25) is 10.1 Å². The summed E-state index contributed by atoms with van der Waals surface area (Å²) in [5.74, 6) is 0. The molecule has 2 heterocycles. The van der Waals surface area contributed by atoms with E-state index >= 15 is 0 Å². The number of hydrogen-bond acceptors (Lipinski definition) is 2. The van der Waals surface area contributed by atoms with Crippen LogP contribution < -0.4 is 0 Å². The molecule has 0 aliphatic rings. The molecule has 1 N–H and O–H groups in total. The first-order valence-electron chi connectivity index (χ1n) is 3.82. The number of aromatic nitrogens is 3. The van der Waals surface area contributed by atoms with Gasteiger partial charge in [-0.1, -0.05) is 6.07 Å². The number of pyridine rings is 1. The number of aromatic amines is 1. The van der Waals surface area contributed by atoms with Gasteiger partial charge in [0.2, 0.25) is 0 Å². The second-order valence-electron chi connectivity index (χ2n) is 2.64. The van der Waals surface area contributed by atoms with Crippen LogP contribution in [0, 0.1) is 0 Å². The molecule has 0 aliphatic heterocycles. The summed E-state index contributed by atoms with van der Waals surface area (Å²) in [4.78, 5) is 4.03. The molecule has 0 saturated carbocycles. The molecule has 2 aromatic heterocycles. The first kappa shape index (κ1) is 12.9. The van der Waals surface area contributed by atoms with Gasteiger partial charge >= 0.3 is 0 Å². The highest BCUT2D eigenvalue weighted by molar-refractivity contribution is 5.85. The highest BCUT2D eigenvalue weighted by Gasteiger charge is 1.95. The Kier molecular flexibility index (Phi) is 5.92. The lowest BCUT2D eigenvalue weighted by atomic mass is 10.1. The quantitative estimate of drug-likeness (QED) is 0.862. The maximum absolute atomic E-state index is 4.03. The molecule has 0 spiro atoms. The molecule has 2 aromatic rings. The molecular formula is C9H11Cl2N3. The predicted molar refractivity (Wildman–Crippen MR) is 60.1 cm³/mol. The molecular weight excluding hydrogens is 221 g/mol. The average molecular weight is 232 g/mol. The fourth-order valence-corrected chi connectivity index (χ4v) is 1.11. The fourth-order valence-electron chi connectivity index (χ4n) is 1.11. The largest absolute Gasteiger partial charge is 0.285 e. The minimum absolute atomic E-state index is 0. The zero-order valence-electron chi connectivity index (χ0n) is 7.38. The van der Waals surface area contributed by atoms with E-state index in [4.69, 9.17) is 0 Å². The van der Waals surface area contributed by atoms with Crippen LogP contribution in [0.5, 0.6) is 0 Å². The molecule has 0 bridgehead atoms. The monoisotopic (exact) mass is 231 g/mol. The fraction of sp³-hybridized carbons (Fsp3) is 0.111. The molecule has 0 unspecified atom stereocenters. The molecule has 5 heteroatoms. The van der Waals surface area contributed by atoms with Gasteiger partial charge in [0.1, 0.15) is 0 Å². The van der Waals surface area contributed by atoms with Gasteiger partial charge in [-0.25, -0.2) is 0 Å². The lowest BCUT2D eigenvalue weighted by Gasteiger charge is -1.94. The van der Waals surface area contributed by atoms with E-state index in [2.05, 4.69) is 21.2 Å². The summed E-state index contributed by atoms with van der Waals surface area (Å²) in [7, 11) is 0. The van der Waals surface area contributed by atoms with E-state index in [0.29, 0.717) is 0 Å². The van der Waals surface area contributed by atoms with Crippen LogP contribution in [0.4, 0.5) is 0 Å². The van der Waals surface area contributed by atoms with Gasteiger partial charge in [0.25, 0.3) is 0 Å². The van der Waals surface area contributed by atoms with E-state index in [1.54, 1.807) is 6.20 Å². The topological polar surface area (TPSA) is 41.6 Å². The van der Waals surface area contributed by atoms with Crippen LogP contribution in [-0.4, -0.2) is 15.2 Å². The highest BCUT2D eigenvalue weighted by Crippen LogP contribution is 2.04. The zero-order chi connectivity index (χ0) is 8.23. The second kappa shape index (κ2) is 6.40. The maximum Gasteiger partial charge on any atom is 0.0522 e. The van der Waals surface area contributed by atoms with Crippen LogP contribution in [-0.2, 0) is 6.42 Å². The Hall–Kier alpha value is -1.06. The van der Waals surface area contributed by atoms with Crippen LogP contribution in [0.1, 0.15) is 11.1 Å². The van der Waals surface area contributed by atoms with Crippen molar-refractivity contribution in [2.45, 2.75) is 6.42 Å². The third kappa shape index (κ3) is 3.36. The first-order chi connectivity index (χ1) is 5.95. The average Bonchev–Trinajstić information content (AvgIpc) is 2.59. The molecule has 0 fully saturated rings. The van der Waals surface area contributed by atoms with Gasteiger partial charge in [0.15, 0.2) is 0 Å². The van der Waals surface area contributed by atoms with Crippen molar-refractivity contribution in [2.75, 3.05) is 0 Å². The normalized spacial score (nSPS) is 8.57. The molecule has 0 aromatic carbocycles. The van der Waals surface area contributed by atoms with Crippen molar-refractivity contribution in [1.29, 1.82) is 0 Å². The highest BCUT2D eigenvalue weighted by atomic mass is 35.5. The number of nitrogens with one attached hydrogen (secondary N) is 1. The summed E-state index contributed by atoms with van der Waals surface area (Å²) >= 11 is 0. The molecule has 0 saturated heterocycles. The predicted octanol–water partition coefficient (Wildman–Crippen LogP) is 2.24. The Morgan fingerprint density at radius 1 is 1.14 bits per heavy atom. The number of rotatable bonds is 2. The summed E-state index contributed by atoms with van der Waals surface area (Å²) in [6.45, 7) is 0. The number of nitrogens with zero attached hydrogens (tertiary/aromatic N) is 2. The van der Waals surface area contributed by atoms with Gasteiger partial charge in [0, 0.05) is 25.0 Å². The molecule has 2 rings (SSSR count). The van der Waals surface area contributed by atoms with Crippen LogP contribution in [0.3, 0.4) is 0 Å².